The fraction of sp³-hybridized carbons (Fsp3) is 1.00. The average molecular weight is 260 g/mol. The van der Waals surface area contributed by atoms with Crippen LogP contribution in [0, 0.1) is 34.5 Å². The minimum Gasteiger partial charge on any atom is -0.0594 e. The van der Waals surface area contributed by atoms with Crippen molar-refractivity contribution in [3.63, 3.8) is 0 Å². The quantitative estimate of drug-likeness (QED) is 0.515. The van der Waals surface area contributed by atoms with E-state index < -0.39 is 0 Å². The van der Waals surface area contributed by atoms with Crippen LogP contribution in [0.25, 0.3) is 0 Å². The van der Waals surface area contributed by atoms with E-state index in [9.17, 15) is 0 Å². The highest BCUT2D eigenvalue weighted by Gasteiger charge is 2.58. The van der Waals surface area contributed by atoms with Crippen LogP contribution in [0.3, 0.4) is 0 Å². The van der Waals surface area contributed by atoms with Crippen molar-refractivity contribution in [2.75, 3.05) is 0 Å². The zero-order chi connectivity index (χ0) is 13.1. The molecule has 108 valence electrons. The molecule has 4 aliphatic rings. The minimum atomic E-state index is 0.734. The molecule has 0 saturated heterocycles. The molecule has 4 rings (SSSR count). The smallest absolute Gasteiger partial charge is 0.0264 e. The molecular weight excluding hydrogens is 228 g/mol. The second-order valence-electron chi connectivity index (χ2n) is 8.99. The van der Waals surface area contributed by atoms with E-state index >= 15 is 0 Å². The van der Waals surface area contributed by atoms with Gasteiger partial charge in [0, 0.05) is 0 Å². The summed E-state index contributed by atoms with van der Waals surface area (Å²) in [4.78, 5) is 0. The Bertz CT molecular complexity index is 359. The number of fused-ring (bicyclic) bond motifs is 5. The van der Waals surface area contributed by atoms with E-state index in [1.54, 1.807) is 51.4 Å². The van der Waals surface area contributed by atoms with Gasteiger partial charge < -0.3 is 0 Å². The highest BCUT2D eigenvalue weighted by atomic mass is 14.6. The van der Waals surface area contributed by atoms with Crippen LogP contribution in [0.1, 0.15) is 84.5 Å². The Morgan fingerprint density at radius 2 is 1.42 bits per heavy atom. The van der Waals surface area contributed by atoms with Crippen molar-refractivity contribution in [3.8, 4) is 0 Å². The molecule has 0 spiro atoms. The largest absolute Gasteiger partial charge is 0.0594 e. The van der Waals surface area contributed by atoms with Gasteiger partial charge in [0.15, 0.2) is 0 Å². The lowest BCUT2D eigenvalue weighted by Gasteiger charge is -2.61. The predicted molar refractivity (Wildman–Crippen MR) is 81.0 cm³/mol. The van der Waals surface area contributed by atoms with Gasteiger partial charge in [0.25, 0.3) is 0 Å². The summed E-state index contributed by atoms with van der Waals surface area (Å²) in [5.74, 6) is 4.40. The summed E-state index contributed by atoms with van der Waals surface area (Å²) in [5.41, 5.74) is 1.48. The minimum absolute atomic E-state index is 0.734. The normalized spacial score (nSPS) is 57.2. The van der Waals surface area contributed by atoms with Crippen molar-refractivity contribution in [1.29, 1.82) is 0 Å². The van der Waals surface area contributed by atoms with Gasteiger partial charge in [-0.1, -0.05) is 39.5 Å². The summed E-state index contributed by atoms with van der Waals surface area (Å²) in [6, 6.07) is 0. The Labute approximate surface area is 119 Å². The molecule has 0 amide bonds. The van der Waals surface area contributed by atoms with Crippen molar-refractivity contribution in [1.82, 2.24) is 0 Å². The first-order valence-electron chi connectivity index (χ1n) is 9.13. The first kappa shape index (κ1) is 12.7. The Balaban J connectivity index is 1.66. The van der Waals surface area contributed by atoms with Crippen LogP contribution in [-0.2, 0) is 0 Å². The van der Waals surface area contributed by atoms with Gasteiger partial charge in [-0.3, -0.25) is 0 Å². The summed E-state index contributed by atoms with van der Waals surface area (Å²) in [6.07, 6.45) is 17.1. The van der Waals surface area contributed by atoms with Crippen molar-refractivity contribution in [3.05, 3.63) is 0 Å². The molecule has 4 saturated carbocycles. The second-order valence-corrected chi connectivity index (χ2v) is 8.99. The molecule has 19 heavy (non-hydrogen) atoms. The molecular formula is C19H32. The standard InChI is InChI=1S/C19H32/c1-18-11-5-8-16(18)17-10-9-14-6-3-4-7-15(14)19(17,2)13-12-18/h14-17H,3-13H2,1-2H3. The van der Waals surface area contributed by atoms with Gasteiger partial charge >= 0.3 is 0 Å². The SMILES string of the molecule is CC12CCCC1C1CCC3CCCCC3C1(C)CC2. The highest BCUT2D eigenvalue weighted by Crippen LogP contribution is 2.67. The van der Waals surface area contributed by atoms with Gasteiger partial charge in [-0.15, -0.1) is 0 Å². The number of rotatable bonds is 0. The van der Waals surface area contributed by atoms with Crippen LogP contribution in [0.15, 0.2) is 0 Å². The van der Waals surface area contributed by atoms with Gasteiger partial charge in [0.1, 0.15) is 0 Å². The van der Waals surface area contributed by atoms with E-state index in [1.807, 2.05) is 0 Å². The molecule has 0 nitrogen and oxygen atoms in total. The van der Waals surface area contributed by atoms with Crippen molar-refractivity contribution < 1.29 is 0 Å². The molecule has 4 fully saturated rings. The molecule has 0 aliphatic heterocycles. The number of hydrogen-bond acceptors (Lipinski definition) is 0. The fourth-order valence-electron chi connectivity index (χ4n) is 7.26. The maximum absolute atomic E-state index is 2.72. The van der Waals surface area contributed by atoms with Crippen LogP contribution in [0.5, 0.6) is 0 Å². The van der Waals surface area contributed by atoms with Crippen LogP contribution >= 0.6 is 0 Å². The van der Waals surface area contributed by atoms with Crippen LogP contribution in [0.4, 0.5) is 0 Å². The Morgan fingerprint density at radius 3 is 2.32 bits per heavy atom. The van der Waals surface area contributed by atoms with E-state index in [2.05, 4.69) is 13.8 Å². The Hall–Kier alpha value is 0. The molecule has 0 bridgehead atoms. The lowest BCUT2D eigenvalue weighted by atomic mass is 9.44. The van der Waals surface area contributed by atoms with Crippen molar-refractivity contribution >= 4 is 0 Å². The van der Waals surface area contributed by atoms with E-state index in [1.165, 1.54) is 19.3 Å². The molecule has 0 aromatic carbocycles. The lowest BCUT2D eigenvalue weighted by molar-refractivity contribution is -0.115. The van der Waals surface area contributed by atoms with Crippen LogP contribution < -0.4 is 0 Å². The molecule has 0 aromatic rings. The fourth-order valence-corrected chi connectivity index (χ4v) is 7.26. The third kappa shape index (κ3) is 1.70. The van der Waals surface area contributed by atoms with Gasteiger partial charge in [0.2, 0.25) is 0 Å². The van der Waals surface area contributed by atoms with Crippen LogP contribution in [0.2, 0.25) is 0 Å². The van der Waals surface area contributed by atoms with Gasteiger partial charge in [0.05, 0.1) is 0 Å². The van der Waals surface area contributed by atoms with Gasteiger partial charge in [-0.25, -0.2) is 0 Å². The molecule has 0 N–H and O–H groups in total. The first-order valence-corrected chi connectivity index (χ1v) is 9.13. The van der Waals surface area contributed by atoms with E-state index in [4.69, 9.17) is 0 Å². The summed E-state index contributed by atoms with van der Waals surface area (Å²) in [6.45, 7) is 5.36. The lowest BCUT2D eigenvalue weighted by Crippen LogP contribution is -2.53. The third-order valence-corrected chi connectivity index (χ3v) is 8.33. The molecule has 4 aliphatic carbocycles. The van der Waals surface area contributed by atoms with E-state index in [-0.39, 0.29) is 0 Å². The topological polar surface area (TPSA) is 0 Å². The third-order valence-electron chi connectivity index (χ3n) is 8.33. The molecule has 0 heteroatoms. The van der Waals surface area contributed by atoms with Crippen LogP contribution in [-0.4, -0.2) is 0 Å². The maximum Gasteiger partial charge on any atom is -0.0264 e. The molecule has 0 radical (unpaired) electrons. The van der Waals surface area contributed by atoms with Gasteiger partial charge in [-0.2, -0.15) is 0 Å². The molecule has 6 atom stereocenters. The molecule has 0 heterocycles. The summed E-state index contributed by atoms with van der Waals surface area (Å²) < 4.78 is 0. The Kier molecular flexibility index (Phi) is 2.84. The second kappa shape index (κ2) is 4.25. The summed E-state index contributed by atoms with van der Waals surface area (Å²) >= 11 is 0. The molecule has 0 aromatic heterocycles. The van der Waals surface area contributed by atoms with Gasteiger partial charge in [-0.05, 0) is 79.4 Å². The van der Waals surface area contributed by atoms with Crippen molar-refractivity contribution in [2.24, 2.45) is 34.5 Å². The molecule has 6 unspecified atom stereocenters. The van der Waals surface area contributed by atoms with E-state index in [0.717, 1.165) is 34.5 Å². The van der Waals surface area contributed by atoms with Crippen molar-refractivity contribution in [2.45, 2.75) is 84.5 Å². The predicted octanol–water partition coefficient (Wildman–Crippen LogP) is 5.81. The highest BCUT2D eigenvalue weighted by molar-refractivity contribution is 5.07. The summed E-state index contributed by atoms with van der Waals surface area (Å²) in [5, 5.41) is 0. The van der Waals surface area contributed by atoms with E-state index in [0.29, 0.717) is 0 Å². The Morgan fingerprint density at radius 1 is 0.632 bits per heavy atom. The average Bonchev–Trinajstić information content (AvgIpc) is 2.81. The number of hydrogen-bond donors (Lipinski definition) is 0. The zero-order valence-corrected chi connectivity index (χ0v) is 13.1. The zero-order valence-electron chi connectivity index (χ0n) is 13.1. The summed E-state index contributed by atoms with van der Waals surface area (Å²) in [7, 11) is 0. The first-order chi connectivity index (χ1) is 9.13. The maximum atomic E-state index is 2.72. The monoisotopic (exact) mass is 260 g/mol.